The molecule has 0 spiro atoms. The van der Waals surface area contributed by atoms with Crippen LogP contribution in [0.5, 0.6) is 0 Å². The van der Waals surface area contributed by atoms with Crippen LogP contribution in [0.15, 0.2) is 34.9 Å². The average Bonchev–Trinajstić information content (AvgIpc) is 2.89. The molecule has 0 unspecified atom stereocenters. The molecule has 1 aromatic carbocycles. The lowest BCUT2D eigenvalue weighted by molar-refractivity contribution is 0.459. The van der Waals surface area contributed by atoms with Gasteiger partial charge in [-0.05, 0) is 13.3 Å². The predicted molar refractivity (Wildman–Crippen MR) is 78.6 cm³/mol. The zero-order valence-corrected chi connectivity index (χ0v) is 11.6. The summed E-state index contributed by atoms with van der Waals surface area (Å²) in [5.74, 6) is 1.42. The Labute approximate surface area is 117 Å². The maximum absolute atomic E-state index is 5.45. The van der Waals surface area contributed by atoms with Gasteiger partial charge in [-0.1, -0.05) is 42.4 Å². The molecule has 102 valence electrons. The molecule has 0 saturated carbocycles. The minimum atomic E-state index is 0.614. The van der Waals surface area contributed by atoms with Gasteiger partial charge in [0.25, 0.3) is 0 Å². The van der Waals surface area contributed by atoms with Gasteiger partial charge >= 0.3 is 0 Å². The van der Waals surface area contributed by atoms with Gasteiger partial charge in [0.05, 0.1) is 0 Å². The number of nitrogens with one attached hydrogen (secondary N) is 1. The number of aromatic nitrogens is 3. The fourth-order valence-electron chi connectivity index (χ4n) is 2.09. The summed E-state index contributed by atoms with van der Waals surface area (Å²) >= 11 is 0. The maximum Gasteiger partial charge on any atom is 0.228 e. The van der Waals surface area contributed by atoms with Gasteiger partial charge in [-0.3, -0.25) is 0 Å². The Balaban J connectivity index is 2.15. The topological polar surface area (TPSA) is 63.8 Å². The van der Waals surface area contributed by atoms with E-state index >= 15 is 0 Å². The minimum Gasteiger partial charge on any atom is -0.367 e. The number of nitrogens with zero attached hydrogens (tertiary/aromatic N) is 3. The third-order valence-electron chi connectivity index (χ3n) is 3.02. The van der Waals surface area contributed by atoms with Gasteiger partial charge in [0, 0.05) is 12.1 Å². The van der Waals surface area contributed by atoms with E-state index < -0.39 is 0 Å². The number of benzene rings is 1. The van der Waals surface area contributed by atoms with Crippen molar-refractivity contribution in [3.8, 4) is 11.3 Å². The van der Waals surface area contributed by atoms with Gasteiger partial charge in [0.2, 0.25) is 5.58 Å². The van der Waals surface area contributed by atoms with Crippen LogP contribution < -0.4 is 5.32 Å². The standard InChI is InChI=1S/C15H16N4O/c1-3-9-16-15-14-13(17-10(2)18-15)12(19-20-14)11-7-5-4-6-8-11/h4-8H,3,9H2,1-2H3,(H,16,17,18). The van der Waals surface area contributed by atoms with Gasteiger partial charge < -0.3 is 9.84 Å². The Hall–Kier alpha value is -2.43. The van der Waals surface area contributed by atoms with Crippen molar-refractivity contribution in [2.24, 2.45) is 0 Å². The fourth-order valence-corrected chi connectivity index (χ4v) is 2.09. The first-order valence-electron chi connectivity index (χ1n) is 6.73. The first-order valence-corrected chi connectivity index (χ1v) is 6.73. The van der Waals surface area contributed by atoms with Gasteiger partial charge in [0.1, 0.15) is 17.0 Å². The summed E-state index contributed by atoms with van der Waals surface area (Å²) in [6, 6.07) is 9.91. The Morgan fingerprint density at radius 1 is 1.15 bits per heavy atom. The highest BCUT2D eigenvalue weighted by molar-refractivity contribution is 5.93. The molecule has 3 rings (SSSR count). The third kappa shape index (κ3) is 2.22. The molecule has 20 heavy (non-hydrogen) atoms. The summed E-state index contributed by atoms with van der Waals surface area (Å²) in [6.45, 7) is 4.82. The molecule has 0 atom stereocenters. The molecule has 5 heteroatoms. The second-order valence-corrected chi connectivity index (χ2v) is 4.62. The maximum atomic E-state index is 5.45. The molecule has 3 aromatic rings. The summed E-state index contributed by atoms with van der Waals surface area (Å²) in [6.07, 6.45) is 1.02. The zero-order chi connectivity index (χ0) is 13.9. The van der Waals surface area contributed by atoms with E-state index in [-0.39, 0.29) is 0 Å². The second-order valence-electron chi connectivity index (χ2n) is 4.62. The third-order valence-corrected chi connectivity index (χ3v) is 3.02. The summed E-state index contributed by atoms with van der Waals surface area (Å²) in [4.78, 5) is 8.86. The van der Waals surface area contributed by atoms with Gasteiger partial charge in [0.15, 0.2) is 5.82 Å². The molecule has 0 aliphatic heterocycles. The van der Waals surface area contributed by atoms with E-state index in [1.807, 2.05) is 37.3 Å². The van der Waals surface area contributed by atoms with E-state index in [4.69, 9.17) is 4.52 Å². The first-order chi connectivity index (χ1) is 9.79. The monoisotopic (exact) mass is 268 g/mol. The molecule has 0 saturated heterocycles. The smallest absolute Gasteiger partial charge is 0.228 e. The molecule has 5 nitrogen and oxygen atoms in total. The van der Waals surface area contributed by atoms with E-state index in [9.17, 15) is 0 Å². The van der Waals surface area contributed by atoms with E-state index in [0.717, 1.165) is 29.7 Å². The molecule has 0 fully saturated rings. The van der Waals surface area contributed by atoms with E-state index in [0.29, 0.717) is 17.2 Å². The van der Waals surface area contributed by atoms with Crippen molar-refractivity contribution in [1.29, 1.82) is 0 Å². The van der Waals surface area contributed by atoms with Crippen LogP contribution in [0.4, 0.5) is 5.82 Å². The van der Waals surface area contributed by atoms with Crippen LogP contribution in [0.25, 0.3) is 22.4 Å². The van der Waals surface area contributed by atoms with Crippen LogP contribution in [0.2, 0.25) is 0 Å². The molecule has 0 amide bonds. The minimum absolute atomic E-state index is 0.614. The van der Waals surface area contributed by atoms with E-state index in [2.05, 4.69) is 27.4 Å². The summed E-state index contributed by atoms with van der Waals surface area (Å²) < 4.78 is 5.45. The van der Waals surface area contributed by atoms with Crippen molar-refractivity contribution in [2.75, 3.05) is 11.9 Å². The van der Waals surface area contributed by atoms with Crippen LogP contribution in [0, 0.1) is 6.92 Å². The predicted octanol–water partition coefficient (Wildman–Crippen LogP) is 3.42. The van der Waals surface area contributed by atoms with Crippen LogP contribution in [-0.4, -0.2) is 21.7 Å². The van der Waals surface area contributed by atoms with Crippen molar-refractivity contribution in [1.82, 2.24) is 15.1 Å². The van der Waals surface area contributed by atoms with Crippen LogP contribution >= 0.6 is 0 Å². The lowest BCUT2D eigenvalue weighted by Crippen LogP contribution is -2.04. The number of hydrogen-bond donors (Lipinski definition) is 1. The normalized spacial score (nSPS) is 10.9. The Morgan fingerprint density at radius 2 is 1.95 bits per heavy atom. The highest BCUT2D eigenvalue weighted by Gasteiger charge is 2.16. The summed E-state index contributed by atoms with van der Waals surface area (Å²) in [5, 5.41) is 7.42. The van der Waals surface area contributed by atoms with Crippen LogP contribution in [0.3, 0.4) is 0 Å². The van der Waals surface area contributed by atoms with Crippen molar-refractivity contribution >= 4 is 16.9 Å². The molecule has 0 aliphatic carbocycles. The lowest BCUT2D eigenvalue weighted by Gasteiger charge is -2.04. The zero-order valence-electron chi connectivity index (χ0n) is 11.6. The van der Waals surface area contributed by atoms with E-state index in [1.54, 1.807) is 0 Å². The highest BCUT2D eigenvalue weighted by atomic mass is 16.5. The molecule has 1 N–H and O–H groups in total. The van der Waals surface area contributed by atoms with Crippen molar-refractivity contribution in [3.05, 3.63) is 36.2 Å². The number of rotatable bonds is 4. The van der Waals surface area contributed by atoms with Crippen molar-refractivity contribution in [2.45, 2.75) is 20.3 Å². The van der Waals surface area contributed by atoms with Gasteiger partial charge in [-0.15, -0.1) is 0 Å². The number of aryl methyl sites for hydroxylation is 1. The van der Waals surface area contributed by atoms with Gasteiger partial charge in [-0.25, -0.2) is 9.97 Å². The quantitative estimate of drug-likeness (QED) is 0.785. The summed E-state index contributed by atoms with van der Waals surface area (Å²) in [5.41, 5.74) is 3.11. The molecule has 0 bridgehead atoms. The Morgan fingerprint density at radius 3 is 2.70 bits per heavy atom. The van der Waals surface area contributed by atoms with Crippen molar-refractivity contribution in [3.63, 3.8) is 0 Å². The SMILES string of the molecule is CCCNc1nc(C)nc2c(-c3ccccc3)noc12. The van der Waals surface area contributed by atoms with Crippen LogP contribution in [-0.2, 0) is 0 Å². The second kappa shape index (κ2) is 5.28. The number of hydrogen-bond acceptors (Lipinski definition) is 5. The lowest BCUT2D eigenvalue weighted by atomic mass is 10.1. The highest BCUT2D eigenvalue weighted by Crippen LogP contribution is 2.29. The Kier molecular flexibility index (Phi) is 3.33. The van der Waals surface area contributed by atoms with Gasteiger partial charge in [-0.2, -0.15) is 0 Å². The fraction of sp³-hybridized carbons (Fsp3) is 0.267. The molecule has 0 aliphatic rings. The van der Waals surface area contributed by atoms with Crippen molar-refractivity contribution < 1.29 is 4.52 Å². The molecule has 0 radical (unpaired) electrons. The molecule has 2 heterocycles. The Bertz CT molecular complexity index is 721. The molecular formula is C15H16N4O. The summed E-state index contributed by atoms with van der Waals surface area (Å²) in [7, 11) is 0. The molecular weight excluding hydrogens is 252 g/mol. The van der Waals surface area contributed by atoms with Crippen LogP contribution in [0.1, 0.15) is 19.2 Å². The number of fused-ring (bicyclic) bond motifs is 1. The largest absolute Gasteiger partial charge is 0.367 e. The first kappa shape index (κ1) is 12.6. The molecule has 2 aromatic heterocycles. The number of anilines is 1. The average molecular weight is 268 g/mol. The van der Waals surface area contributed by atoms with E-state index in [1.165, 1.54) is 0 Å².